The van der Waals surface area contributed by atoms with E-state index < -0.39 is 0 Å². The summed E-state index contributed by atoms with van der Waals surface area (Å²) in [6.07, 6.45) is 0. The lowest BCUT2D eigenvalue weighted by Gasteiger charge is -2.26. The summed E-state index contributed by atoms with van der Waals surface area (Å²) in [5.41, 5.74) is 8.78. The van der Waals surface area contributed by atoms with Crippen LogP contribution < -0.4 is 4.90 Å². The average molecular weight is 420 g/mol. The Hall–Kier alpha value is -4.36. The molecule has 1 aliphatic rings. The Balaban J connectivity index is 1.51. The van der Waals surface area contributed by atoms with Gasteiger partial charge in [-0.25, -0.2) is 0 Å². The lowest BCUT2D eigenvalue weighted by Crippen LogP contribution is -2.10. The van der Waals surface area contributed by atoms with Gasteiger partial charge < -0.3 is 4.90 Å². The van der Waals surface area contributed by atoms with Gasteiger partial charge in [0.05, 0.1) is 0 Å². The van der Waals surface area contributed by atoms with Crippen LogP contribution in [0.5, 0.6) is 0 Å². The predicted molar refractivity (Wildman–Crippen MR) is 141 cm³/mol. The summed E-state index contributed by atoms with van der Waals surface area (Å²) < 4.78 is 0. The highest BCUT2D eigenvalue weighted by molar-refractivity contribution is 6.16. The molecular formula is C32H21N. The van der Waals surface area contributed by atoms with Crippen molar-refractivity contribution in [1.29, 1.82) is 0 Å². The van der Waals surface area contributed by atoms with Crippen LogP contribution in [0.4, 0.5) is 17.1 Å². The van der Waals surface area contributed by atoms with E-state index in [0.29, 0.717) is 0 Å². The molecule has 1 nitrogen and oxygen atoms in total. The molecule has 1 aliphatic carbocycles. The van der Waals surface area contributed by atoms with Crippen molar-refractivity contribution < 1.29 is 0 Å². The molecule has 0 fully saturated rings. The molecule has 6 aromatic rings. The lowest BCUT2D eigenvalue weighted by molar-refractivity contribution is 1.29. The first-order valence-electron chi connectivity index (χ1n) is 11.4. The second kappa shape index (κ2) is 7.08. The molecule has 0 aromatic heterocycles. The molecule has 0 amide bonds. The number of rotatable bonds is 3. The van der Waals surface area contributed by atoms with Crippen LogP contribution in [0.1, 0.15) is 0 Å². The summed E-state index contributed by atoms with van der Waals surface area (Å²) in [7, 11) is 0. The normalized spacial score (nSPS) is 11.6. The second-order valence-electron chi connectivity index (χ2n) is 8.65. The minimum atomic E-state index is 1.15. The van der Waals surface area contributed by atoms with Gasteiger partial charge in [0.2, 0.25) is 0 Å². The van der Waals surface area contributed by atoms with Crippen molar-refractivity contribution in [2.45, 2.75) is 0 Å². The van der Waals surface area contributed by atoms with Gasteiger partial charge in [0.1, 0.15) is 0 Å². The Morgan fingerprint density at radius 2 is 0.970 bits per heavy atom. The quantitative estimate of drug-likeness (QED) is 0.276. The van der Waals surface area contributed by atoms with Crippen LogP contribution >= 0.6 is 0 Å². The fourth-order valence-corrected chi connectivity index (χ4v) is 5.27. The smallest absolute Gasteiger partial charge is 0.0474 e. The molecule has 0 spiro atoms. The van der Waals surface area contributed by atoms with E-state index >= 15 is 0 Å². The van der Waals surface area contributed by atoms with Crippen LogP contribution in [0.3, 0.4) is 0 Å². The standard InChI is InChI=1S/C32H21N/c1-2-12-25(13-3-1)33(26-18-17-22-9-4-5-10-23(22)19-26)27-20-24-11-8-16-30-28-14-6-7-15-29(28)31(21-27)32(24)30/h1-21H. The van der Waals surface area contributed by atoms with Crippen molar-refractivity contribution in [3.63, 3.8) is 0 Å². The Bertz CT molecular complexity index is 1660. The van der Waals surface area contributed by atoms with Gasteiger partial charge in [-0.05, 0) is 80.2 Å². The highest BCUT2D eigenvalue weighted by atomic mass is 15.1. The zero-order valence-corrected chi connectivity index (χ0v) is 18.1. The lowest BCUT2D eigenvalue weighted by atomic mass is 10.0. The molecule has 7 rings (SSSR count). The number of anilines is 3. The molecule has 0 atom stereocenters. The number of nitrogens with zero attached hydrogens (tertiary/aromatic N) is 1. The molecule has 33 heavy (non-hydrogen) atoms. The zero-order valence-electron chi connectivity index (χ0n) is 18.1. The molecular weight excluding hydrogens is 398 g/mol. The molecule has 6 aromatic carbocycles. The van der Waals surface area contributed by atoms with E-state index in [4.69, 9.17) is 0 Å². The number of fused-ring (bicyclic) bond motifs is 4. The topological polar surface area (TPSA) is 3.24 Å². The number of para-hydroxylation sites is 1. The van der Waals surface area contributed by atoms with Crippen molar-refractivity contribution in [2.24, 2.45) is 0 Å². The number of hydrogen-bond acceptors (Lipinski definition) is 1. The van der Waals surface area contributed by atoms with E-state index in [9.17, 15) is 0 Å². The van der Waals surface area contributed by atoms with Crippen molar-refractivity contribution >= 4 is 38.6 Å². The fraction of sp³-hybridized carbons (Fsp3) is 0. The van der Waals surface area contributed by atoms with E-state index in [1.165, 1.54) is 49.5 Å². The monoisotopic (exact) mass is 419 g/mol. The molecule has 0 aliphatic heterocycles. The Labute approximate surface area is 193 Å². The van der Waals surface area contributed by atoms with E-state index in [1.807, 2.05) is 0 Å². The average Bonchev–Trinajstić information content (AvgIpc) is 3.20. The Morgan fingerprint density at radius 1 is 0.333 bits per heavy atom. The maximum Gasteiger partial charge on any atom is 0.0474 e. The fourth-order valence-electron chi connectivity index (χ4n) is 5.27. The first kappa shape index (κ1) is 18.2. The van der Waals surface area contributed by atoms with Gasteiger partial charge in [0, 0.05) is 17.1 Å². The maximum absolute atomic E-state index is 2.37. The van der Waals surface area contributed by atoms with Crippen LogP contribution in [0.25, 0.3) is 43.8 Å². The van der Waals surface area contributed by atoms with Crippen LogP contribution in [0.15, 0.2) is 127 Å². The predicted octanol–water partition coefficient (Wildman–Crippen LogP) is 9.11. The van der Waals surface area contributed by atoms with E-state index in [0.717, 1.165) is 11.4 Å². The summed E-state index contributed by atoms with van der Waals surface area (Å²) in [5.74, 6) is 0. The van der Waals surface area contributed by atoms with Crippen LogP contribution in [0.2, 0.25) is 0 Å². The van der Waals surface area contributed by atoms with Crippen LogP contribution in [-0.4, -0.2) is 0 Å². The van der Waals surface area contributed by atoms with Crippen molar-refractivity contribution in [2.75, 3.05) is 4.90 Å². The van der Waals surface area contributed by atoms with E-state index in [1.54, 1.807) is 0 Å². The van der Waals surface area contributed by atoms with Crippen LogP contribution in [-0.2, 0) is 0 Å². The third kappa shape index (κ3) is 2.79. The second-order valence-corrected chi connectivity index (χ2v) is 8.65. The van der Waals surface area contributed by atoms with Gasteiger partial charge in [0.15, 0.2) is 0 Å². The molecule has 0 saturated carbocycles. The van der Waals surface area contributed by atoms with Gasteiger partial charge in [-0.2, -0.15) is 0 Å². The third-order valence-corrected chi connectivity index (χ3v) is 6.73. The molecule has 0 bridgehead atoms. The van der Waals surface area contributed by atoms with E-state index in [2.05, 4.69) is 132 Å². The molecule has 1 heteroatoms. The first-order chi connectivity index (χ1) is 16.4. The summed E-state index contributed by atoms with van der Waals surface area (Å²) in [6, 6.07) is 46.0. The highest BCUT2D eigenvalue weighted by Gasteiger charge is 2.23. The van der Waals surface area contributed by atoms with Crippen LogP contribution in [0, 0.1) is 0 Å². The Kier molecular flexibility index (Phi) is 3.91. The largest absolute Gasteiger partial charge is 0.310 e. The van der Waals surface area contributed by atoms with Gasteiger partial charge in [-0.15, -0.1) is 0 Å². The molecule has 0 radical (unpaired) electrons. The van der Waals surface area contributed by atoms with Gasteiger partial charge in [-0.3, -0.25) is 0 Å². The SMILES string of the molecule is c1ccc(N(c2ccc3ccccc3c2)c2cc3c4c(cccc4c2)-c2ccccc2-3)cc1. The van der Waals surface area contributed by atoms with Gasteiger partial charge in [-0.1, -0.05) is 91.0 Å². The molecule has 154 valence electrons. The highest BCUT2D eigenvalue weighted by Crippen LogP contribution is 2.49. The summed E-state index contributed by atoms with van der Waals surface area (Å²) in [6.45, 7) is 0. The molecule has 0 heterocycles. The molecule has 0 unspecified atom stereocenters. The summed E-state index contributed by atoms with van der Waals surface area (Å²) in [5, 5.41) is 5.13. The number of benzene rings is 6. The molecule has 0 N–H and O–H groups in total. The van der Waals surface area contributed by atoms with Gasteiger partial charge >= 0.3 is 0 Å². The minimum Gasteiger partial charge on any atom is -0.310 e. The minimum absolute atomic E-state index is 1.15. The molecule has 0 saturated heterocycles. The summed E-state index contributed by atoms with van der Waals surface area (Å²) in [4.78, 5) is 2.37. The number of hydrogen-bond donors (Lipinski definition) is 0. The summed E-state index contributed by atoms with van der Waals surface area (Å²) >= 11 is 0. The van der Waals surface area contributed by atoms with Gasteiger partial charge in [0.25, 0.3) is 0 Å². The zero-order chi connectivity index (χ0) is 21.8. The van der Waals surface area contributed by atoms with Crippen molar-refractivity contribution in [3.05, 3.63) is 127 Å². The van der Waals surface area contributed by atoms with Crippen molar-refractivity contribution in [1.82, 2.24) is 0 Å². The Morgan fingerprint density at radius 3 is 1.82 bits per heavy atom. The van der Waals surface area contributed by atoms with E-state index in [-0.39, 0.29) is 0 Å². The maximum atomic E-state index is 2.37. The first-order valence-corrected chi connectivity index (χ1v) is 11.4. The third-order valence-electron chi connectivity index (χ3n) is 6.73. The van der Waals surface area contributed by atoms with Crippen molar-refractivity contribution in [3.8, 4) is 22.3 Å².